The first-order valence-corrected chi connectivity index (χ1v) is 5.97. The maximum atomic E-state index is 11.8. The van der Waals surface area contributed by atoms with Crippen LogP contribution < -0.4 is 10.6 Å². The fourth-order valence-electron chi connectivity index (χ4n) is 1.90. The Morgan fingerprint density at radius 3 is 2.74 bits per heavy atom. The number of anilines is 1. The third-order valence-electron chi connectivity index (χ3n) is 2.76. The molecule has 1 aromatic heterocycles. The number of amides is 1. The molecule has 0 spiro atoms. The third-order valence-corrected chi connectivity index (χ3v) is 2.76. The van der Waals surface area contributed by atoms with Crippen LogP contribution in [-0.4, -0.2) is 48.5 Å². The van der Waals surface area contributed by atoms with Crippen molar-refractivity contribution in [2.24, 2.45) is 0 Å². The number of carbonyl (C=O) groups excluding carboxylic acids is 1. The van der Waals surface area contributed by atoms with Gasteiger partial charge in [-0.2, -0.15) is 0 Å². The second-order valence-electron chi connectivity index (χ2n) is 4.16. The van der Waals surface area contributed by atoms with Crippen LogP contribution in [0.4, 0.5) is 5.69 Å². The summed E-state index contributed by atoms with van der Waals surface area (Å²) in [6.07, 6.45) is 4.44. The number of pyridine rings is 1. The topological polar surface area (TPSA) is 57.3 Å². The molecular weight excluding hydrogens is 287 g/mol. The summed E-state index contributed by atoms with van der Waals surface area (Å²) >= 11 is 0. The fraction of sp³-hybridized carbons (Fsp3) is 0.500. The maximum absolute atomic E-state index is 11.8. The van der Waals surface area contributed by atoms with Gasteiger partial charge in [0.05, 0.1) is 6.54 Å². The third kappa shape index (κ3) is 6.73. The molecule has 0 aromatic carbocycles. The molecule has 1 aliphatic rings. The van der Waals surface area contributed by atoms with Gasteiger partial charge in [0.15, 0.2) is 0 Å². The Bertz CT molecular complexity index is 356. The molecule has 2 N–H and O–H groups in total. The highest BCUT2D eigenvalue weighted by Gasteiger charge is 2.12. The standard InChI is InChI=1S/C12H18N4O.2ClH/c17-12(15-11-2-5-14-6-3-11)10-16-8-1-4-13-7-9-16;;/h2-3,5-6,13H,1,4,7-10H2,(H,14,15,17);2*1H. The van der Waals surface area contributed by atoms with Crippen LogP contribution in [0.5, 0.6) is 0 Å². The van der Waals surface area contributed by atoms with Crippen molar-refractivity contribution in [1.29, 1.82) is 0 Å². The van der Waals surface area contributed by atoms with Gasteiger partial charge in [-0.15, -0.1) is 24.8 Å². The normalized spacial score (nSPS) is 15.6. The van der Waals surface area contributed by atoms with Crippen LogP contribution in [0.15, 0.2) is 24.5 Å². The molecule has 2 rings (SSSR count). The van der Waals surface area contributed by atoms with Gasteiger partial charge in [0, 0.05) is 31.2 Å². The van der Waals surface area contributed by atoms with E-state index in [4.69, 9.17) is 0 Å². The summed E-state index contributed by atoms with van der Waals surface area (Å²) in [7, 11) is 0. The Balaban J connectivity index is 0.00000162. The molecule has 0 radical (unpaired) electrons. The lowest BCUT2D eigenvalue weighted by molar-refractivity contribution is -0.117. The minimum atomic E-state index is 0. The van der Waals surface area contributed by atoms with Gasteiger partial charge in [-0.25, -0.2) is 0 Å². The van der Waals surface area contributed by atoms with E-state index in [1.54, 1.807) is 24.5 Å². The zero-order chi connectivity index (χ0) is 11.9. The van der Waals surface area contributed by atoms with Crippen molar-refractivity contribution in [2.75, 3.05) is 38.0 Å². The molecule has 108 valence electrons. The molecule has 1 amide bonds. The Hall–Kier alpha value is -0.880. The van der Waals surface area contributed by atoms with Gasteiger partial charge in [-0.3, -0.25) is 14.7 Å². The number of hydrogen-bond acceptors (Lipinski definition) is 4. The molecule has 2 heterocycles. The SMILES string of the molecule is Cl.Cl.O=C(CN1CCCNCC1)Nc1ccncc1. The Kier molecular flexibility index (Phi) is 9.51. The zero-order valence-corrected chi connectivity index (χ0v) is 12.3. The van der Waals surface area contributed by atoms with Crippen molar-refractivity contribution in [3.05, 3.63) is 24.5 Å². The Morgan fingerprint density at radius 1 is 1.26 bits per heavy atom. The van der Waals surface area contributed by atoms with Crippen molar-refractivity contribution in [3.8, 4) is 0 Å². The van der Waals surface area contributed by atoms with Crippen molar-refractivity contribution < 1.29 is 4.79 Å². The molecule has 5 nitrogen and oxygen atoms in total. The van der Waals surface area contributed by atoms with Gasteiger partial charge in [-0.1, -0.05) is 0 Å². The average Bonchev–Trinajstić information content (AvgIpc) is 2.59. The summed E-state index contributed by atoms with van der Waals surface area (Å²) < 4.78 is 0. The highest BCUT2D eigenvalue weighted by Crippen LogP contribution is 2.03. The van der Waals surface area contributed by atoms with E-state index in [1.807, 2.05) is 0 Å². The van der Waals surface area contributed by atoms with E-state index < -0.39 is 0 Å². The molecule has 0 atom stereocenters. The lowest BCUT2D eigenvalue weighted by Crippen LogP contribution is -2.35. The minimum absolute atomic E-state index is 0. The fourth-order valence-corrected chi connectivity index (χ4v) is 1.90. The smallest absolute Gasteiger partial charge is 0.238 e. The van der Waals surface area contributed by atoms with Crippen LogP contribution in [0.25, 0.3) is 0 Å². The number of hydrogen-bond donors (Lipinski definition) is 2. The number of nitrogens with one attached hydrogen (secondary N) is 2. The number of nitrogens with zero attached hydrogens (tertiary/aromatic N) is 2. The molecule has 1 aromatic rings. The molecule has 1 aliphatic heterocycles. The molecule has 19 heavy (non-hydrogen) atoms. The summed E-state index contributed by atoms with van der Waals surface area (Å²) in [6, 6.07) is 3.59. The van der Waals surface area contributed by atoms with E-state index in [1.165, 1.54) is 0 Å². The second kappa shape index (κ2) is 9.97. The van der Waals surface area contributed by atoms with Crippen LogP contribution >= 0.6 is 24.8 Å². The van der Waals surface area contributed by atoms with Gasteiger partial charge in [0.1, 0.15) is 0 Å². The van der Waals surface area contributed by atoms with E-state index in [9.17, 15) is 4.79 Å². The number of rotatable bonds is 3. The molecule has 1 saturated heterocycles. The van der Waals surface area contributed by atoms with Crippen molar-refractivity contribution >= 4 is 36.4 Å². The molecule has 1 fully saturated rings. The summed E-state index contributed by atoms with van der Waals surface area (Å²) in [5, 5.41) is 6.19. The highest BCUT2D eigenvalue weighted by atomic mass is 35.5. The average molecular weight is 307 g/mol. The summed E-state index contributed by atoms with van der Waals surface area (Å²) in [5.41, 5.74) is 0.804. The van der Waals surface area contributed by atoms with Gasteiger partial charge in [0.2, 0.25) is 5.91 Å². The van der Waals surface area contributed by atoms with Crippen LogP contribution in [0, 0.1) is 0 Å². The second-order valence-corrected chi connectivity index (χ2v) is 4.16. The van der Waals surface area contributed by atoms with Crippen molar-refractivity contribution in [1.82, 2.24) is 15.2 Å². The number of aromatic nitrogens is 1. The Labute approximate surface area is 126 Å². The summed E-state index contributed by atoms with van der Waals surface area (Å²) in [4.78, 5) is 17.9. The van der Waals surface area contributed by atoms with E-state index in [2.05, 4.69) is 20.5 Å². The monoisotopic (exact) mass is 306 g/mol. The van der Waals surface area contributed by atoms with E-state index in [0.717, 1.165) is 38.3 Å². The molecule has 0 bridgehead atoms. The maximum Gasteiger partial charge on any atom is 0.238 e. The molecule has 7 heteroatoms. The summed E-state index contributed by atoms with van der Waals surface area (Å²) in [5.74, 6) is 0.0399. The quantitative estimate of drug-likeness (QED) is 0.880. The van der Waals surface area contributed by atoms with Crippen molar-refractivity contribution in [2.45, 2.75) is 6.42 Å². The zero-order valence-electron chi connectivity index (χ0n) is 10.7. The van der Waals surface area contributed by atoms with E-state index in [-0.39, 0.29) is 30.7 Å². The molecule has 0 unspecified atom stereocenters. The predicted molar refractivity (Wildman–Crippen MR) is 81.3 cm³/mol. The largest absolute Gasteiger partial charge is 0.325 e. The minimum Gasteiger partial charge on any atom is -0.325 e. The summed E-state index contributed by atoms with van der Waals surface area (Å²) in [6.45, 7) is 4.38. The van der Waals surface area contributed by atoms with Crippen LogP contribution in [0.1, 0.15) is 6.42 Å². The molecule has 0 aliphatic carbocycles. The van der Waals surface area contributed by atoms with Crippen molar-refractivity contribution in [3.63, 3.8) is 0 Å². The molecular formula is C12H20Cl2N4O. The first kappa shape index (κ1) is 18.1. The van der Waals surface area contributed by atoms with Gasteiger partial charge in [0.25, 0.3) is 0 Å². The van der Waals surface area contributed by atoms with E-state index in [0.29, 0.717) is 6.54 Å². The predicted octanol–water partition coefficient (Wildman–Crippen LogP) is 1.16. The van der Waals surface area contributed by atoms with Crippen LogP contribution in [0.2, 0.25) is 0 Å². The van der Waals surface area contributed by atoms with Gasteiger partial charge in [-0.05, 0) is 31.6 Å². The highest BCUT2D eigenvalue weighted by molar-refractivity contribution is 5.92. The number of halogens is 2. The first-order chi connectivity index (χ1) is 8.34. The van der Waals surface area contributed by atoms with Crippen LogP contribution in [-0.2, 0) is 4.79 Å². The lowest BCUT2D eigenvalue weighted by Gasteiger charge is -2.18. The van der Waals surface area contributed by atoms with E-state index >= 15 is 0 Å². The van der Waals surface area contributed by atoms with Crippen LogP contribution in [0.3, 0.4) is 0 Å². The molecule has 0 saturated carbocycles. The Morgan fingerprint density at radius 2 is 2.00 bits per heavy atom. The lowest BCUT2D eigenvalue weighted by atomic mass is 10.3. The van der Waals surface area contributed by atoms with Gasteiger partial charge >= 0.3 is 0 Å². The first-order valence-electron chi connectivity index (χ1n) is 5.97. The van der Waals surface area contributed by atoms with Gasteiger partial charge < -0.3 is 10.6 Å². The number of carbonyl (C=O) groups is 1.